The summed E-state index contributed by atoms with van der Waals surface area (Å²) in [5.41, 5.74) is 1.41. The summed E-state index contributed by atoms with van der Waals surface area (Å²) in [6.45, 7) is 1.68. The van der Waals surface area contributed by atoms with E-state index in [0.717, 1.165) is 36.8 Å². The molecule has 5 heteroatoms. The Morgan fingerprint density at radius 1 is 1.14 bits per heavy atom. The Morgan fingerprint density at radius 2 is 1.90 bits per heavy atom. The van der Waals surface area contributed by atoms with Crippen LogP contribution in [-0.4, -0.2) is 41.3 Å². The fourth-order valence-electron chi connectivity index (χ4n) is 2.70. The number of nitrogens with zero attached hydrogens (tertiary/aromatic N) is 1. The second kappa shape index (κ2) is 5.99. The zero-order valence-corrected chi connectivity index (χ0v) is 11.9. The fourth-order valence-corrected chi connectivity index (χ4v) is 2.70. The van der Waals surface area contributed by atoms with Gasteiger partial charge in [-0.3, -0.25) is 9.59 Å². The van der Waals surface area contributed by atoms with Gasteiger partial charge in [0.25, 0.3) is 5.91 Å². The van der Waals surface area contributed by atoms with Crippen LogP contribution in [0.3, 0.4) is 0 Å². The Hall–Kier alpha value is -2.30. The molecule has 0 aliphatic carbocycles. The van der Waals surface area contributed by atoms with E-state index < -0.39 is 0 Å². The Balaban J connectivity index is 1.59. The van der Waals surface area contributed by atoms with Crippen LogP contribution in [0, 0.1) is 0 Å². The van der Waals surface area contributed by atoms with Crippen LogP contribution in [0.25, 0.3) is 10.9 Å². The van der Waals surface area contributed by atoms with E-state index in [1.54, 1.807) is 6.07 Å². The number of carbonyl (C=O) groups excluding carboxylic acids is 2. The molecule has 0 radical (unpaired) electrons. The van der Waals surface area contributed by atoms with Crippen LogP contribution < -0.4 is 5.32 Å². The maximum atomic E-state index is 12.1. The van der Waals surface area contributed by atoms with E-state index in [2.05, 4.69) is 10.3 Å². The second-order valence-corrected chi connectivity index (χ2v) is 5.39. The molecule has 2 aromatic rings. The first kappa shape index (κ1) is 13.7. The van der Waals surface area contributed by atoms with Crippen molar-refractivity contribution in [1.29, 1.82) is 0 Å². The highest BCUT2D eigenvalue weighted by Gasteiger charge is 2.17. The molecule has 1 aromatic carbocycles. The van der Waals surface area contributed by atoms with Gasteiger partial charge in [-0.25, -0.2) is 0 Å². The largest absolute Gasteiger partial charge is 0.351 e. The van der Waals surface area contributed by atoms with E-state index in [9.17, 15) is 9.59 Å². The van der Waals surface area contributed by atoms with Crippen molar-refractivity contribution >= 4 is 22.7 Å². The van der Waals surface area contributed by atoms with Crippen molar-refractivity contribution in [2.45, 2.75) is 19.3 Å². The molecule has 2 N–H and O–H groups in total. The molecule has 1 aliphatic rings. The summed E-state index contributed by atoms with van der Waals surface area (Å²) in [7, 11) is 0. The molecular weight excluding hydrogens is 266 g/mol. The van der Waals surface area contributed by atoms with Gasteiger partial charge in [0.05, 0.1) is 6.54 Å². The molecule has 2 amide bonds. The lowest BCUT2D eigenvalue weighted by Gasteiger charge is -2.26. The van der Waals surface area contributed by atoms with Gasteiger partial charge >= 0.3 is 0 Å². The zero-order valence-electron chi connectivity index (χ0n) is 11.9. The van der Waals surface area contributed by atoms with Gasteiger partial charge in [-0.15, -0.1) is 0 Å². The van der Waals surface area contributed by atoms with Gasteiger partial charge in [0.15, 0.2) is 0 Å². The maximum absolute atomic E-state index is 12.1. The summed E-state index contributed by atoms with van der Waals surface area (Å²) in [4.78, 5) is 29.0. The van der Waals surface area contributed by atoms with Gasteiger partial charge in [0, 0.05) is 24.0 Å². The summed E-state index contributed by atoms with van der Waals surface area (Å²) in [6, 6.07) is 9.51. The molecule has 0 unspecified atom stereocenters. The third-order valence-electron chi connectivity index (χ3n) is 3.88. The lowest BCUT2D eigenvalue weighted by Crippen LogP contribution is -2.42. The number of hydrogen-bond donors (Lipinski definition) is 2. The summed E-state index contributed by atoms with van der Waals surface area (Å²) in [5, 5.41) is 3.69. The summed E-state index contributed by atoms with van der Waals surface area (Å²) in [6.07, 6.45) is 3.30. The van der Waals surface area contributed by atoms with Crippen molar-refractivity contribution < 1.29 is 9.59 Å². The first-order valence-electron chi connectivity index (χ1n) is 7.38. The molecule has 110 valence electrons. The monoisotopic (exact) mass is 285 g/mol. The SMILES string of the molecule is O=C(NCC(=O)N1CCCCC1)c1cc2ccccc2[nH]1. The Labute approximate surface area is 123 Å². The van der Waals surface area contributed by atoms with Gasteiger partial charge in [-0.1, -0.05) is 18.2 Å². The third-order valence-corrected chi connectivity index (χ3v) is 3.88. The van der Waals surface area contributed by atoms with E-state index in [1.165, 1.54) is 6.42 Å². The first-order chi connectivity index (χ1) is 10.2. The fraction of sp³-hybridized carbons (Fsp3) is 0.375. The minimum Gasteiger partial charge on any atom is -0.351 e. The van der Waals surface area contributed by atoms with Crippen molar-refractivity contribution in [3.63, 3.8) is 0 Å². The molecule has 2 heterocycles. The predicted octanol–water partition coefficient (Wildman–Crippen LogP) is 1.91. The Morgan fingerprint density at radius 3 is 2.67 bits per heavy atom. The topological polar surface area (TPSA) is 65.2 Å². The molecule has 5 nitrogen and oxygen atoms in total. The summed E-state index contributed by atoms with van der Waals surface area (Å²) < 4.78 is 0. The number of aromatic nitrogens is 1. The van der Waals surface area contributed by atoms with Gasteiger partial charge in [0.1, 0.15) is 5.69 Å². The van der Waals surface area contributed by atoms with Crippen molar-refractivity contribution in [3.05, 3.63) is 36.0 Å². The zero-order chi connectivity index (χ0) is 14.7. The van der Waals surface area contributed by atoms with Crippen LogP contribution in [0.15, 0.2) is 30.3 Å². The smallest absolute Gasteiger partial charge is 0.268 e. The number of aromatic amines is 1. The molecule has 1 fully saturated rings. The van der Waals surface area contributed by atoms with E-state index in [1.807, 2.05) is 29.2 Å². The highest BCUT2D eigenvalue weighted by molar-refractivity contribution is 5.99. The van der Waals surface area contributed by atoms with Crippen LogP contribution in [0.2, 0.25) is 0 Å². The number of H-pyrrole nitrogens is 1. The molecule has 0 saturated carbocycles. The molecule has 1 saturated heterocycles. The Kier molecular flexibility index (Phi) is 3.90. The van der Waals surface area contributed by atoms with Gasteiger partial charge in [-0.05, 0) is 31.4 Å². The number of amides is 2. The molecular formula is C16H19N3O2. The number of carbonyl (C=O) groups is 2. The van der Waals surface area contributed by atoms with Crippen molar-refractivity contribution in [1.82, 2.24) is 15.2 Å². The van der Waals surface area contributed by atoms with Crippen molar-refractivity contribution in [2.75, 3.05) is 19.6 Å². The van der Waals surface area contributed by atoms with E-state index in [0.29, 0.717) is 5.69 Å². The lowest BCUT2D eigenvalue weighted by atomic mass is 10.1. The highest BCUT2D eigenvalue weighted by atomic mass is 16.2. The lowest BCUT2D eigenvalue weighted by molar-refractivity contribution is -0.130. The average Bonchev–Trinajstić information content (AvgIpc) is 2.97. The number of nitrogens with one attached hydrogen (secondary N) is 2. The van der Waals surface area contributed by atoms with Gasteiger partial charge in [-0.2, -0.15) is 0 Å². The molecule has 1 aromatic heterocycles. The van der Waals surface area contributed by atoms with Crippen LogP contribution in [-0.2, 0) is 4.79 Å². The van der Waals surface area contributed by atoms with Gasteiger partial charge < -0.3 is 15.2 Å². The van der Waals surface area contributed by atoms with Gasteiger partial charge in [0.2, 0.25) is 5.91 Å². The number of likely N-dealkylation sites (tertiary alicyclic amines) is 1. The first-order valence-corrected chi connectivity index (χ1v) is 7.38. The standard InChI is InChI=1S/C16H19N3O2/c20-15(19-8-4-1-5-9-19)11-17-16(21)14-10-12-6-2-3-7-13(12)18-14/h2-3,6-7,10,18H,1,4-5,8-9,11H2,(H,17,21). The number of hydrogen-bond acceptors (Lipinski definition) is 2. The number of benzene rings is 1. The minimum absolute atomic E-state index is 0.000777. The Bertz CT molecular complexity index is 623. The van der Waals surface area contributed by atoms with Crippen LogP contribution in [0.4, 0.5) is 0 Å². The molecule has 0 spiro atoms. The average molecular weight is 285 g/mol. The van der Waals surface area contributed by atoms with E-state index in [-0.39, 0.29) is 18.4 Å². The summed E-state index contributed by atoms with van der Waals surface area (Å²) >= 11 is 0. The highest BCUT2D eigenvalue weighted by Crippen LogP contribution is 2.14. The maximum Gasteiger partial charge on any atom is 0.268 e. The quantitative estimate of drug-likeness (QED) is 0.904. The molecule has 21 heavy (non-hydrogen) atoms. The molecule has 0 bridgehead atoms. The molecule has 3 rings (SSSR count). The number of para-hydroxylation sites is 1. The number of piperidine rings is 1. The van der Waals surface area contributed by atoms with Crippen LogP contribution in [0.5, 0.6) is 0 Å². The van der Waals surface area contributed by atoms with E-state index in [4.69, 9.17) is 0 Å². The normalized spacial score (nSPS) is 15.1. The van der Waals surface area contributed by atoms with Crippen LogP contribution >= 0.6 is 0 Å². The van der Waals surface area contributed by atoms with Crippen LogP contribution in [0.1, 0.15) is 29.8 Å². The van der Waals surface area contributed by atoms with E-state index >= 15 is 0 Å². The van der Waals surface area contributed by atoms with Crippen molar-refractivity contribution in [3.8, 4) is 0 Å². The minimum atomic E-state index is -0.239. The summed E-state index contributed by atoms with van der Waals surface area (Å²) in [5.74, 6) is -0.240. The third kappa shape index (κ3) is 3.07. The second-order valence-electron chi connectivity index (χ2n) is 5.39. The number of rotatable bonds is 3. The van der Waals surface area contributed by atoms with Crippen molar-refractivity contribution in [2.24, 2.45) is 0 Å². The predicted molar refractivity (Wildman–Crippen MR) is 81.1 cm³/mol. The molecule has 0 atom stereocenters. The molecule has 1 aliphatic heterocycles. The number of fused-ring (bicyclic) bond motifs is 1.